The smallest absolute Gasteiger partial charge is 0.0554 e. The summed E-state index contributed by atoms with van der Waals surface area (Å²) in [5.41, 5.74) is 8.08. The molecule has 0 aliphatic heterocycles. The number of benzene rings is 2. The summed E-state index contributed by atoms with van der Waals surface area (Å²) in [6.07, 6.45) is 0. The Labute approximate surface area is 125 Å². The molecule has 0 fully saturated rings. The first-order valence-electron chi connectivity index (χ1n) is 6.83. The van der Waals surface area contributed by atoms with Crippen molar-refractivity contribution in [2.75, 3.05) is 5.75 Å². The molecule has 2 aromatic rings. The molecule has 2 aromatic carbocycles. The summed E-state index contributed by atoms with van der Waals surface area (Å²) in [7, 11) is 0. The molecule has 0 aromatic heterocycles. The highest BCUT2D eigenvalue weighted by atomic mass is 32.2. The Kier molecular flexibility index (Phi) is 5.24. The Bertz CT molecular complexity index is 564. The van der Waals surface area contributed by atoms with Crippen molar-refractivity contribution >= 4 is 11.8 Å². The van der Waals surface area contributed by atoms with Crippen LogP contribution in [-0.4, -0.2) is 5.75 Å². The van der Waals surface area contributed by atoms with Crippen molar-refractivity contribution < 1.29 is 0 Å². The Balaban J connectivity index is 2.05. The fourth-order valence-corrected chi connectivity index (χ4v) is 3.01. The Morgan fingerprint density at radius 1 is 1.00 bits per heavy atom. The summed E-state index contributed by atoms with van der Waals surface area (Å²) in [5, 5.41) is 0. The maximum Gasteiger partial charge on any atom is 0.0554 e. The van der Waals surface area contributed by atoms with Gasteiger partial charge in [-0.05, 0) is 49.6 Å². The molecular formula is C17H22N2S. The van der Waals surface area contributed by atoms with Gasteiger partial charge >= 0.3 is 0 Å². The molecule has 1 unspecified atom stereocenters. The lowest BCUT2D eigenvalue weighted by Crippen LogP contribution is -2.29. The maximum absolute atomic E-state index is 5.72. The fraction of sp³-hybridized carbons (Fsp3) is 0.294. The van der Waals surface area contributed by atoms with E-state index in [0.717, 1.165) is 5.75 Å². The van der Waals surface area contributed by atoms with Crippen molar-refractivity contribution in [3.8, 4) is 0 Å². The minimum Gasteiger partial charge on any atom is -0.271 e. The van der Waals surface area contributed by atoms with E-state index in [4.69, 9.17) is 5.84 Å². The third-order valence-corrected chi connectivity index (χ3v) is 4.68. The van der Waals surface area contributed by atoms with Crippen LogP contribution in [0, 0.1) is 20.8 Å². The lowest BCUT2D eigenvalue weighted by molar-refractivity contribution is 0.610. The predicted molar refractivity (Wildman–Crippen MR) is 87.9 cm³/mol. The average molecular weight is 286 g/mol. The van der Waals surface area contributed by atoms with Crippen LogP contribution in [0.2, 0.25) is 0 Å². The zero-order chi connectivity index (χ0) is 14.5. The van der Waals surface area contributed by atoms with Gasteiger partial charge in [0.05, 0.1) is 6.04 Å². The van der Waals surface area contributed by atoms with Gasteiger partial charge in [-0.15, -0.1) is 11.8 Å². The molecule has 0 spiro atoms. The summed E-state index contributed by atoms with van der Waals surface area (Å²) in [6, 6.07) is 15.3. The van der Waals surface area contributed by atoms with Gasteiger partial charge in [0.1, 0.15) is 0 Å². The second-order valence-corrected chi connectivity index (χ2v) is 6.28. The van der Waals surface area contributed by atoms with E-state index in [9.17, 15) is 0 Å². The van der Waals surface area contributed by atoms with Gasteiger partial charge in [0, 0.05) is 10.6 Å². The predicted octanol–water partition coefficient (Wildman–Crippen LogP) is 3.91. The maximum atomic E-state index is 5.72. The molecule has 0 saturated heterocycles. The van der Waals surface area contributed by atoms with Crippen LogP contribution in [0.5, 0.6) is 0 Å². The van der Waals surface area contributed by atoms with Gasteiger partial charge in [-0.3, -0.25) is 11.3 Å². The Morgan fingerprint density at radius 2 is 1.70 bits per heavy atom. The quantitative estimate of drug-likeness (QED) is 0.497. The van der Waals surface area contributed by atoms with E-state index in [1.54, 1.807) is 0 Å². The van der Waals surface area contributed by atoms with Crippen LogP contribution < -0.4 is 11.3 Å². The summed E-state index contributed by atoms with van der Waals surface area (Å²) < 4.78 is 0. The van der Waals surface area contributed by atoms with E-state index < -0.39 is 0 Å². The standard InChI is InChI=1S/C17H22N2S/c1-12-4-8-16(9-5-12)20-11-17(19-18)15-7-6-13(2)14(3)10-15/h4-10,17,19H,11,18H2,1-3H3. The lowest BCUT2D eigenvalue weighted by Gasteiger charge is -2.17. The highest BCUT2D eigenvalue weighted by Gasteiger charge is 2.11. The Morgan fingerprint density at radius 3 is 2.30 bits per heavy atom. The summed E-state index contributed by atoms with van der Waals surface area (Å²) in [6.45, 7) is 6.37. The van der Waals surface area contributed by atoms with E-state index in [-0.39, 0.29) is 6.04 Å². The summed E-state index contributed by atoms with van der Waals surface area (Å²) >= 11 is 1.82. The van der Waals surface area contributed by atoms with Gasteiger partial charge < -0.3 is 0 Å². The topological polar surface area (TPSA) is 38.0 Å². The van der Waals surface area contributed by atoms with Crippen molar-refractivity contribution in [2.45, 2.75) is 31.7 Å². The highest BCUT2D eigenvalue weighted by Crippen LogP contribution is 2.25. The molecule has 0 amide bonds. The average Bonchev–Trinajstić information content (AvgIpc) is 2.45. The van der Waals surface area contributed by atoms with Crippen molar-refractivity contribution in [1.82, 2.24) is 5.43 Å². The Hall–Kier alpha value is -1.29. The highest BCUT2D eigenvalue weighted by molar-refractivity contribution is 7.99. The van der Waals surface area contributed by atoms with Crippen molar-refractivity contribution in [3.05, 3.63) is 64.7 Å². The van der Waals surface area contributed by atoms with Gasteiger partial charge in [0.15, 0.2) is 0 Å². The summed E-state index contributed by atoms with van der Waals surface area (Å²) in [5.74, 6) is 6.64. The molecule has 0 radical (unpaired) electrons. The third kappa shape index (κ3) is 3.85. The largest absolute Gasteiger partial charge is 0.271 e. The molecule has 3 heteroatoms. The summed E-state index contributed by atoms with van der Waals surface area (Å²) in [4.78, 5) is 1.28. The molecule has 0 heterocycles. The molecule has 0 saturated carbocycles. The number of nitrogens with one attached hydrogen (secondary N) is 1. The molecule has 2 rings (SSSR count). The van der Waals surface area contributed by atoms with E-state index in [1.165, 1.54) is 27.1 Å². The second-order valence-electron chi connectivity index (χ2n) is 5.19. The number of hydrogen-bond acceptors (Lipinski definition) is 3. The van der Waals surface area contributed by atoms with E-state index >= 15 is 0 Å². The van der Waals surface area contributed by atoms with Crippen LogP contribution in [0.15, 0.2) is 47.4 Å². The molecule has 0 bridgehead atoms. The normalized spacial score (nSPS) is 12.4. The van der Waals surface area contributed by atoms with E-state index in [1.807, 2.05) is 11.8 Å². The minimum atomic E-state index is 0.167. The zero-order valence-corrected chi connectivity index (χ0v) is 13.1. The molecule has 20 heavy (non-hydrogen) atoms. The van der Waals surface area contributed by atoms with Crippen LogP contribution in [0.1, 0.15) is 28.3 Å². The fourth-order valence-electron chi connectivity index (χ4n) is 2.04. The van der Waals surface area contributed by atoms with Crippen LogP contribution in [0.4, 0.5) is 0 Å². The molecular weight excluding hydrogens is 264 g/mol. The van der Waals surface area contributed by atoms with Crippen LogP contribution >= 0.6 is 11.8 Å². The SMILES string of the molecule is Cc1ccc(SCC(NN)c2ccc(C)c(C)c2)cc1. The van der Waals surface area contributed by atoms with Gasteiger partial charge in [0.2, 0.25) is 0 Å². The molecule has 1 atom stereocenters. The second kappa shape index (κ2) is 6.93. The first-order valence-corrected chi connectivity index (χ1v) is 7.81. The number of nitrogens with two attached hydrogens (primary N) is 1. The lowest BCUT2D eigenvalue weighted by atomic mass is 10.0. The van der Waals surface area contributed by atoms with Crippen LogP contribution in [0.3, 0.4) is 0 Å². The minimum absolute atomic E-state index is 0.167. The van der Waals surface area contributed by atoms with E-state index in [2.05, 4.69) is 68.7 Å². The number of hydrazine groups is 1. The van der Waals surface area contributed by atoms with E-state index in [0.29, 0.717) is 0 Å². The number of aryl methyl sites for hydroxylation is 3. The first-order chi connectivity index (χ1) is 9.60. The number of rotatable bonds is 5. The molecule has 106 valence electrons. The van der Waals surface area contributed by atoms with Crippen molar-refractivity contribution in [3.63, 3.8) is 0 Å². The van der Waals surface area contributed by atoms with Gasteiger partial charge in [-0.2, -0.15) is 0 Å². The third-order valence-electron chi connectivity index (χ3n) is 3.57. The van der Waals surface area contributed by atoms with Crippen molar-refractivity contribution in [2.24, 2.45) is 5.84 Å². The number of thioether (sulfide) groups is 1. The van der Waals surface area contributed by atoms with Crippen molar-refractivity contribution in [1.29, 1.82) is 0 Å². The van der Waals surface area contributed by atoms with Crippen LogP contribution in [0.25, 0.3) is 0 Å². The monoisotopic (exact) mass is 286 g/mol. The first kappa shape index (κ1) is 15.1. The molecule has 2 nitrogen and oxygen atoms in total. The molecule has 0 aliphatic carbocycles. The van der Waals surface area contributed by atoms with Gasteiger partial charge in [-0.1, -0.05) is 35.9 Å². The zero-order valence-electron chi connectivity index (χ0n) is 12.3. The molecule has 3 N–H and O–H groups in total. The number of hydrogen-bond donors (Lipinski definition) is 2. The molecule has 0 aliphatic rings. The van der Waals surface area contributed by atoms with Gasteiger partial charge in [0.25, 0.3) is 0 Å². The van der Waals surface area contributed by atoms with Gasteiger partial charge in [-0.25, -0.2) is 0 Å². The van der Waals surface area contributed by atoms with Crippen LogP contribution in [-0.2, 0) is 0 Å².